The predicted molar refractivity (Wildman–Crippen MR) is 74.9 cm³/mol. The topological polar surface area (TPSA) is 82.2 Å². The van der Waals surface area contributed by atoms with Gasteiger partial charge in [0.05, 0.1) is 6.54 Å². The van der Waals surface area contributed by atoms with Crippen molar-refractivity contribution in [3.63, 3.8) is 0 Å². The van der Waals surface area contributed by atoms with Crippen LogP contribution in [0.5, 0.6) is 5.75 Å². The van der Waals surface area contributed by atoms with Gasteiger partial charge in [0.25, 0.3) is 5.91 Å². The Morgan fingerprint density at radius 2 is 2.15 bits per heavy atom. The first kappa shape index (κ1) is 14.1. The second kappa shape index (κ2) is 6.72. The van der Waals surface area contributed by atoms with E-state index in [1.807, 2.05) is 29.9 Å². The minimum atomic E-state index is -0.184. The maximum Gasteiger partial charge on any atom is 0.258 e. The van der Waals surface area contributed by atoms with E-state index in [9.17, 15) is 4.79 Å². The molecule has 0 bridgehead atoms. The molecule has 0 spiro atoms. The number of nitrogens with two attached hydrogens (primary N) is 1. The zero-order valence-electron chi connectivity index (χ0n) is 11.4. The molecule has 0 saturated carbocycles. The highest BCUT2D eigenvalue weighted by Gasteiger charge is 2.05. The van der Waals surface area contributed by atoms with Crippen LogP contribution < -0.4 is 15.8 Å². The average Bonchev–Trinajstić information content (AvgIpc) is 2.89. The van der Waals surface area contributed by atoms with Gasteiger partial charge in [0, 0.05) is 26.0 Å². The van der Waals surface area contributed by atoms with E-state index in [1.165, 1.54) is 0 Å². The molecule has 0 radical (unpaired) electrons. The van der Waals surface area contributed by atoms with Gasteiger partial charge in [0.15, 0.2) is 6.61 Å². The van der Waals surface area contributed by atoms with Gasteiger partial charge in [-0.05, 0) is 17.7 Å². The average molecular weight is 274 g/mol. The molecule has 0 unspecified atom stereocenters. The normalized spacial score (nSPS) is 10.3. The van der Waals surface area contributed by atoms with E-state index in [0.717, 1.165) is 11.4 Å². The SMILES string of the molecule is Cn1ccnc1CNC(=O)COc1ccc(CN)cc1. The highest BCUT2D eigenvalue weighted by Crippen LogP contribution is 2.11. The van der Waals surface area contributed by atoms with Crippen LogP contribution in [0.25, 0.3) is 0 Å². The molecule has 0 aliphatic heterocycles. The molecule has 2 rings (SSSR count). The summed E-state index contributed by atoms with van der Waals surface area (Å²) in [5.74, 6) is 1.26. The highest BCUT2D eigenvalue weighted by atomic mass is 16.5. The summed E-state index contributed by atoms with van der Waals surface area (Å²) < 4.78 is 7.24. The third-order valence-corrected chi connectivity index (χ3v) is 2.89. The molecule has 6 heteroatoms. The summed E-state index contributed by atoms with van der Waals surface area (Å²) in [6.45, 7) is 0.856. The third-order valence-electron chi connectivity index (χ3n) is 2.89. The van der Waals surface area contributed by atoms with Crippen LogP contribution in [0.2, 0.25) is 0 Å². The number of nitrogens with zero attached hydrogens (tertiary/aromatic N) is 2. The van der Waals surface area contributed by atoms with Crippen molar-refractivity contribution >= 4 is 5.91 Å². The first-order valence-corrected chi connectivity index (χ1v) is 6.33. The summed E-state index contributed by atoms with van der Waals surface area (Å²) in [6.07, 6.45) is 3.52. The molecule has 0 saturated heterocycles. The van der Waals surface area contributed by atoms with E-state index in [1.54, 1.807) is 18.3 Å². The number of hydrogen-bond acceptors (Lipinski definition) is 4. The molecule has 6 nitrogen and oxygen atoms in total. The van der Waals surface area contributed by atoms with E-state index >= 15 is 0 Å². The molecule has 3 N–H and O–H groups in total. The molecular formula is C14H18N4O2. The number of aryl methyl sites for hydroxylation is 1. The van der Waals surface area contributed by atoms with Gasteiger partial charge in [0.1, 0.15) is 11.6 Å². The summed E-state index contributed by atoms with van der Waals surface area (Å²) in [6, 6.07) is 7.35. The van der Waals surface area contributed by atoms with Crippen molar-refractivity contribution in [3.05, 3.63) is 48.0 Å². The molecular weight excluding hydrogens is 256 g/mol. The van der Waals surface area contributed by atoms with E-state index in [2.05, 4.69) is 10.3 Å². The van der Waals surface area contributed by atoms with E-state index in [4.69, 9.17) is 10.5 Å². The van der Waals surface area contributed by atoms with Crippen LogP contribution in [0.3, 0.4) is 0 Å². The van der Waals surface area contributed by atoms with Crippen LogP contribution in [0.15, 0.2) is 36.7 Å². The maximum absolute atomic E-state index is 11.7. The lowest BCUT2D eigenvalue weighted by molar-refractivity contribution is -0.123. The molecule has 106 valence electrons. The molecule has 1 amide bonds. The van der Waals surface area contributed by atoms with Crippen LogP contribution in [-0.4, -0.2) is 22.1 Å². The van der Waals surface area contributed by atoms with Crippen molar-refractivity contribution in [2.75, 3.05) is 6.61 Å². The largest absolute Gasteiger partial charge is 0.484 e. The molecule has 1 aromatic heterocycles. The Morgan fingerprint density at radius 3 is 2.75 bits per heavy atom. The van der Waals surface area contributed by atoms with Crippen LogP contribution in [0, 0.1) is 0 Å². The summed E-state index contributed by atoms with van der Waals surface area (Å²) in [5.41, 5.74) is 6.53. The van der Waals surface area contributed by atoms with Crippen molar-refractivity contribution in [2.24, 2.45) is 12.8 Å². The fraction of sp³-hybridized carbons (Fsp3) is 0.286. The number of nitrogens with one attached hydrogen (secondary N) is 1. The van der Waals surface area contributed by atoms with Gasteiger partial charge in [0.2, 0.25) is 0 Å². The Balaban J connectivity index is 1.75. The number of hydrogen-bond donors (Lipinski definition) is 2. The van der Waals surface area contributed by atoms with Crippen molar-refractivity contribution in [1.82, 2.24) is 14.9 Å². The monoisotopic (exact) mass is 274 g/mol. The third kappa shape index (κ3) is 3.83. The molecule has 1 heterocycles. The van der Waals surface area contributed by atoms with E-state index in [-0.39, 0.29) is 12.5 Å². The second-order valence-corrected chi connectivity index (χ2v) is 4.37. The molecule has 0 aliphatic rings. The standard InChI is InChI=1S/C14H18N4O2/c1-18-7-6-16-13(18)9-17-14(19)10-20-12-4-2-11(8-15)3-5-12/h2-7H,8-10,15H2,1H3,(H,17,19). The Bertz CT molecular complexity index is 563. The lowest BCUT2D eigenvalue weighted by Crippen LogP contribution is -2.29. The highest BCUT2D eigenvalue weighted by molar-refractivity contribution is 5.77. The summed E-state index contributed by atoms with van der Waals surface area (Å²) in [5, 5.41) is 2.75. The molecule has 1 aromatic carbocycles. The van der Waals surface area contributed by atoms with Gasteiger partial charge in [-0.2, -0.15) is 0 Å². The quantitative estimate of drug-likeness (QED) is 0.807. The summed E-state index contributed by atoms with van der Waals surface area (Å²) >= 11 is 0. The molecule has 20 heavy (non-hydrogen) atoms. The Hall–Kier alpha value is -2.34. The van der Waals surface area contributed by atoms with Gasteiger partial charge in [-0.3, -0.25) is 4.79 Å². The van der Waals surface area contributed by atoms with Gasteiger partial charge in [-0.25, -0.2) is 4.98 Å². The number of imidazole rings is 1. The first-order valence-electron chi connectivity index (χ1n) is 6.33. The lowest BCUT2D eigenvalue weighted by Gasteiger charge is -2.08. The number of ether oxygens (including phenoxy) is 1. The number of amides is 1. The number of carbonyl (C=O) groups excluding carboxylic acids is 1. The van der Waals surface area contributed by atoms with Crippen molar-refractivity contribution in [1.29, 1.82) is 0 Å². The number of rotatable bonds is 6. The van der Waals surface area contributed by atoms with Crippen molar-refractivity contribution in [3.8, 4) is 5.75 Å². The van der Waals surface area contributed by atoms with Crippen LogP contribution in [-0.2, 0) is 24.9 Å². The minimum Gasteiger partial charge on any atom is -0.484 e. The van der Waals surface area contributed by atoms with Crippen LogP contribution in [0.1, 0.15) is 11.4 Å². The predicted octanol–water partition coefficient (Wildman–Crippen LogP) is 0.574. The Kier molecular flexibility index (Phi) is 4.73. The lowest BCUT2D eigenvalue weighted by atomic mass is 10.2. The Morgan fingerprint density at radius 1 is 1.40 bits per heavy atom. The Labute approximate surface area is 117 Å². The van der Waals surface area contributed by atoms with Gasteiger partial charge in [-0.1, -0.05) is 12.1 Å². The molecule has 0 atom stereocenters. The smallest absolute Gasteiger partial charge is 0.258 e. The number of carbonyl (C=O) groups is 1. The fourth-order valence-corrected chi connectivity index (χ4v) is 1.67. The fourth-order valence-electron chi connectivity index (χ4n) is 1.67. The number of benzene rings is 1. The molecule has 0 fully saturated rings. The second-order valence-electron chi connectivity index (χ2n) is 4.37. The van der Waals surface area contributed by atoms with Gasteiger partial charge in [-0.15, -0.1) is 0 Å². The first-order chi connectivity index (χ1) is 9.69. The van der Waals surface area contributed by atoms with Crippen molar-refractivity contribution < 1.29 is 9.53 Å². The molecule has 2 aromatic rings. The van der Waals surface area contributed by atoms with E-state index in [0.29, 0.717) is 18.8 Å². The maximum atomic E-state index is 11.7. The summed E-state index contributed by atoms with van der Waals surface area (Å²) in [7, 11) is 1.88. The van der Waals surface area contributed by atoms with Crippen LogP contribution >= 0.6 is 0 Å². The minimum absolute atomic E-state index is 0.0214. The zero-order valence-corrected chi connectivity index (χ0v) is 11.4. The van der Waals surface area contributed by atoms with Gasteiger partial charge < -0.3 is 20.4 Å². The van der Waals surface area contributed by atoms with Gasteiger partial charge >= 0.3 is 0 Å². The molecule has 0 aliphatic carbocycles. The van der Waals surface area contributed by atoms with E-state index < -0.39 is 0 Å². The summed E-state index contributed by atoms with van der Waals surface area (Å²) in [4.78, 5) is 15.8. The number of aromatic nitrogens is 2. The van der Waals surface area contributed by atoms with Crippen molar-refractivity contribution in [2.45, 2.75) is 13.1 Å². The van der Waals surface area contributed by atoms with Crippen LogP contribution in [0.4, 0.5) is 0 Å². The zero-order chi connectivity index (χ0) is 14.4.